The zero-order valence-electron chi connectivity index (χ0n) is 16.8. The van der Waals surface area contributed by atoms with Crippen molar-refractivity contribution in [2.24, 2.45) is 0 Å². The number of nitrogens with zero attached hydrogens (tertiary/aromatic N) is 3. The minimum atomic E-state index is 0.419. The summed E-state index contributed by atoms with van der Waals surface area (Å²) in [6.07, 6.45) is 9.76. The van der Waals surface area contributed by atoms with Crippen molar-refractivity contribution in [2.75, 3.05) is 33.4 Å². The minimum Gasteiger partial charge on any atom is -0.493 e. The number of methoxy groups -OCH3 is 1. The summed E-state index contributed by atoms with van der Waals surface area (Å²) in [6, 6.07) is 3.86. The third-order valence-corrected chi connectivity index (χ3v) is 6.29. The quantitative estimate of drug-likeness (QED) is 0.469. The van der Waals surface area contributed by atoms with Gasteiger partial charge in [-0.2, -0.15) is 0 Å². The molecule has 152 valence electrons. The van der Waals surface area contributed by atoms with Gasteiger partial charge in [-0.3, -0.25) is 0 Å². The molecule has 5 nitrogen and oxygen atoms in total. The molecule has 4 rings (SSSR count). The minimum absolute atomic E-state index is 0.419. The standard InChI is InChI=1S/C22H30ClN3O2/c1-27-19-14-17-18(15-20(19)28-13-7-12-26-10-5-6-11-26)24-22(25-21(17)23)16-8-3-2-4-9-16/h14-16H,2-13H2,1H3. The van der Waals surface area contributed by atoms with Gasteiger partial charge in [-0.1, -0.05) is 30.9 Å². The van der Waals surface area contributed by atoms with Crippen molar-refractivity contribution >= 4 is 22.5 Å². The summed E-state index contributed by atoms with van der Waals surface area (Å²) in [5.74, 6) is 2.72. The Kier molecular flexibility index (Phi) is 6.53. The average molecular weight is 404 g/mol. The first-order valence-electron chi connectivity index (χ1n) is 10.6. The molecule has 1 aromatic carbocycles. The number of rotatable bonds is 7. The van der Waals surface area contributed by atoms with Crippen molar-refractivity contribution < 1.29 is 9.47 Å². The number of benzene rings is 1. The Labute approximate surface area is 172 Å². The molecule has 0 bridgehead atoms. The van der Waals surface area contributed by atoms with Crippen LogP contribution >= 0.6 is 11.6 Å². The summed E-state index contributed by atoms with van der Waals surface area (Å²) in [5, 5.41) is 1.33. The molecule has 1 saturated carbocycles. The second-order valence-electron chi connectivity index (χ2n) is 7.98. The van der Waals surface area contributed by atoms with Gasteiger partial charge in [0, 0.05) is 23.9 Å². The van der Waals surface area contributed by atoms with Crippen molar-refractivity contribution in [3.63, 3.8) is 0 Å². The second-order valence-corrected chi connectivity index (χ2v) is 8.34. The third kappa shape index (κ3) is 4.52. The zero-order valence-corrected chi connectivity index (χ0v) is 17.5. The van der Waals surface area contributed by atoms with Crippen LogP contribution in [0.1, 0.15) is 63.1 Å². The van der Waals surface area contributed by atoms with Gasteiger partial charge in [0.15, 0.2) is 11.5 Å². The lowest BCUT2D eigenvalue weighted by atomic mass is 9.88. The van der Waals surface area contributed by atoms with E-state index in [9.17, 15) is 0 Å². The molecule has 0 N–H and O–H groups in total. The highest BCUT2D eigenvalue weighted by molar-refractivity contribution is 6.34. The van der Waals surface area contributed by atoms with Crippen LogP contribution < -0.4 is 9.47 Å². The number of halogens is 1. The van der Waals surface area contributed by atoms with E-state index in [0.717, 1.165) is 48.3 Å². The normalized spacial score (nSPS) is 18.6. The van der Waals surface area contributed by atoms with E-state index in [1.54, 1.807) is 7.11 Å². The molecule has 2 heterocycles. The monoisotopic (exact) mass is 403 g/mol. The summed E-state index contributed by atoms with van der Waals surface area (Å²) in [4.78, 5) is 12.0. The van der Waals surface area contributed by atoms with E-state index in [-0.39, 0.29) is 0 Å². The maximum absolute atomic E-state index is 6.51. The van der Waals surface area contributed by atoms with E-state index >= 15 is 0 Å². The van der Waals surface area contributed by atoms with Crippen LogP contribution in [0.4, 0.5) is 0 Å². The van der Waals surface area contributed by atoms with Gasteiger partial charge < -0.3 is 14.4 Å². The fourth-order valence-electron chi connectivity index (χ4n) is 4.41. The van der Waals surface area contributed by atoms with Gasteiger partial charge in [0.05, 0.1) is 19.2 Å². The van der Waals surface area contributed by atoms with Crippen LogP contribution in [-0.2, 0) is 0 Å². The lowest BCUT2D eigenvalue weighted by molar-refractivity contribution is 0.254. The first kappa shape index (κ1) is 19.7. The summed E-state index contributed by atoms with van der Waals surface area (Å²) in [6.45, 7) is 4.21. The van der Waals surface area contributed by atoms with E-state index in [1.165, 1.54) is 45.2 Å². The van der Waals surface area contributed by atoms with Crippen LogP contribution in [0, 0.1) is 0 Å². The summed E-state index contributed by atoms with van der Waals surface area (Å²) in [5.41, 5.74) is 0.843. The van der Waals surface area contributed by atoms with Gasteiger partial charge in [0.25, 0.3) is 0 Å². The molecule has 1 saturated heterocycles. The number of aromatic nitrogens is 2. The third-order valence-electron chi connectivity index (χ3n) is 6.00. The topological polar surface area (TPSA) is 47.5 Å². The molecule has 0 atom stereocenters. The summed E-state index contributed by atoms with van der Waals surface area (Å²) >= 11 is 6.51. The van der Waals surface area contributed by atoms with Gasteiger partial charge in [-0.25, -0.2) is 9.97 Å². The molecule has 1 aliphatic heterocycles. The van der Waals surface area contributed by atoms with Gasteiger partial charge in [0.2, 0.25) is 0 Å². The van der Waals surface area contributed by atoms with E-state index < -0.39 is 0 Å². The maximum atomic E-state index is 6.51. The first-order valence-corrected chi connectivity index (χ1v) is 11.0. The van der Waals surface area contributed by atoms with Gasteiger partial charge in [-0.05, 0) is 51.3 Å². The fraction of sp³-hybridized carbons (Fsp3) is 0.636. The Bertz CT molecular complexity index is 802. The Balaban J connectivity index is 1.51. The van der Waals surface area contributed by atoms with Crippen molar-refractivity contribution in [1.82, 2.24) is 14.9 Å². The van der Waals surface area contributed by atoms with Gasteiger partial charge >= 0.3 is 0 Å². The lowest BCUT2D eigenvalue weighted by Gasteiger charge is -2.21. The lowest BCUT2D eigenvalue weighted by Crippen LogP contribution is -2.21. The van der Waals surface area contributed by atoms with Crippen molar-refractivity contribution in [3.05, 3.63) is 23.1 Å². The molecule has 1 aliphatic carbocycles. The highest BCUT2D eigenvalue weighted by Gasteiger charge is 2.21. The Hall–Kier alpha value is -1.59. The van der Waals surface area contributed by atoms with Gasteiger partial charge in [0.1, 0.15) is 11.0 Å². The maximum Gasteiger partial charge on any atom is 0.163 e. The number of likely N-dealkylation sites (tertiary alicyclic amines) is 1. The molecule has 2 aliphatic rings. The molecule has 2 fully saturated rings. The molecule has 28 heavy (non-hydrogen) atoms. The van der Waals surface area contributed by atoms with Gasteiger partial charge in [-0.15, -0.1) is 0 Å². The van der Waals surface area contributed by atoms with Crippen molar-refractivity contribution in [1.29, 1.82) is 0 Å². The predicted molar refractivity (Wildman–Crippen MR) is 113 cm³/mol. The second kappa shape index (κ2) is 9.27. The smallest absolute Gasteiger partial charge is 0.163 e. The number of hydrogen-bond acceptors (Lipinski definition) is 5. The van der Waals surface area contributed by atoms with Crippen LogP contribution in [0.15, 0.2) is 12.1 Å². The molecule has 2 aromatic rings. The van der Waals surface area contributed by atoms with E-state index in [1.807, 2.05) is 12.1 Å². The molecule has 0 radical (unpaired) electrons. The highest BCUT2D eigenvalue weighted by Crippen LogP contribution is 2.37. The molecule has 0 amide bonds. The number of fused-ring (bicyclic) bond motifs is 1. The van der Waals surface area contributed by atoms with Crippen LogP contribution in [-0.4, -0.2) is 48.2 Å². The van der Waals surface area contributed by atoms with Crippen LogP contribution in [0.3, 0.4) is 0 Å². The Morgan fingerprint density at radius 1 is 1.04 bits per heavy atom. The molecular weight excluding hydrogens is 374 g/mol. The first-order chi connectivity index (χ1) is 13.7. The van der Waals surface area contributed by atoms with Crippen LogP contribution in [0.2, 0.25) is 5.15 Å². The average Bonchev–Trinajstić information content (AvgIpc) is 3.25. The Morgan fingerprint density at radius 3 is 2.57 bits per heavy atom. The molecule has 0 unspecified atom stereocenters. The Morgan fingerprint density at radius 2 is 1.82 bits per heavy atom. The summed E-state index contributed by atoms with van der Waals surface area (Å²) in [7, 11) is 1.66. The zero-order chi connectivity index (χ0) is 19.3. The molecule has 6 heteroatoms. The molecule has 1 aromatic heterocycles. The molecule has 0 spiro atoms. The highest BCUT2D eigenvalue weighted by atomic mass is 35.5. The number of ether oxygens (including phenoxy) is 2. The van der Waals surface area contributed by atoms with Crippen molar-refractivity contribution in [2.45, 2.75) is 57.3 Å². The van der Waals surface area contributed by atoms with Crippen LogP contribution in [0.5, 0.6) is 11.5 Å². The van der Waals surface area contributed by atoms with E-state index in [4.69, 9.17) is 26.1 Å². The summed E-state index contributed by atoms with van der Waals surface area (Å²) < 4.78 is 11.6. The van der Waals surface area contributed by atoms with E-state index in [2.05, 4.69) is 9.88 Å². The van der Waals surface area contributed by atoms with Crippen molar-refractivity contribution in [3.8, 4) is 11.5 Å². The van der Waals surface area contributed by atoms with Crippen LogP contribution in [0.25, 0.3) is 10.9 Å². The number of hydrogen-bond donors (Lipinski definition) is 0. The van der Waals surface area contributed by atoms with E-state index in [0.29, 0.717) is 23.4 Å². The SMILES string of the molecule is COc1cc2c(Cl)nc(C3CCCCC3)nc2cc1OCCCN1CCCC1. The predicted octanol–water partition coefficient (Wildman–Crippen LogP) is 5.20. The fourth-order valence-corrected chi connectivity index (χ4v) is 4.65. The largest absolute Gasteiger partial charge is 0.493 e. The molecular formula is C22H30ClN3O2.